The lowest BCUT2D eigenvalue weighted by molar-refractivity contribution is -0.138. The Balaban J connectivity index is 1.67. The summed E-state index contributed by atoms with van der Waals surface area (Å²) in [6.45, 7) is 5.23. The highest BCUT2D eigenvalue weighted by Crippen LogP contribution is 2.33. The molecule has 5 heteroatoms. The Bertz CT molecular complexity index is 590. The molecule has 22 heavy (non-hydrogen) atoms. The highest BCUT2D eigenvalue weighted by molar-refractivity contribution is 8.00. The summed E-state index contributed by atoms with van der Waals surface area (Å²) in [4.78, 5) is 27.8. The van der Waals surface area contributed by atoms with Crippen LogP contribution in [0.3, 0.4) is 0 Å². The number of benzene rings is 1. The second-order valence-corrected chi connectivity index (χ2v) is 7.21. The van der Waals surface area contributed by atoms with Crippen LogP contribution in [0.2, 0.25) is 0 Å². The lowest BCUT2D eigenvalue weighted by Crippen LogP contribution is -2.42. The summed E-state index contributed by atoms with van der Waals surface area (Å²) in [5.74, 6) is 1.73. The number of hydrogen-bond donors (Lipinski definition) is 0. The molecule has 4 nitrogen and oxygen atoms in total. The van der Waals surface area contributed by atoms with Gasteiger partial charge in [0.05, 0.1) is 11.6 Å². The second-order valence-electron chi connectivity index (χ2n) is 6.25. The van der Waals surface area contributed by atoms with Crippen molar-refractivity contribution in [3.05, 3.63) is 35.4 Å². The van der Waals surface area contributed by atoms with Crippen molar-refractivity contribution in [2.45, 2.75) is 32.2 Å². The lowest BCUT2D eigenvalue weighted by atomic mass is 9.93. The predicted octanol–water partition coefficient (Wildman–Crippen LogP) is 2.23. The van der Waals surface area contributed by atoms with Crippen molar-refractivity contribution in [2.75, 3.05) is 24.7 Å². The van der Waals surface area contributed by atoms with Gasteiger partial charge in [-0.2, -0.15) is 0 Å². The molecular formula is C17H22N2O2S. The zero-order valence-corrected chi connectivity index (χ0v) is 13.9. The van der Waals surface area contributed by atoms with Crippen molar-refractivity contribution in [3.63, 3.8) is 0 Å². The zero-order chi connectivity index (χ0) is 15.7. The van der Waals surface area contributed by atoms with E-state index in [2.05, 4.69) is 38.1 Å². The highest BCUT2D eigenvalue weighted by Gasteiger charge is 2.35. The minimum Gasteiger partial charge on any atom is -0.338 e. The molecule has 2 fully saturated rings. The van der Waals surface area contributed by atoms with Crippen LogP contribution in [-0.2, 0) is 9.59 Å². The summed E-state index contributed by atoms with van der Waals surface area (Å²) >= 11 is 1.58. The molecule has 2 aliphatic rings. The van der Waals surface area contributed by atoms with Gasteiger partial charge in [0.2, 0.25) is 11.8 Å². The van der Waals surface area contributed by atoms with Gasteiger partial charge in [-0.3, -0.25) is 9.59 Å². The molecule has 2 amide bonds. The first-order valence-electron chi connectivity index (χ1n) is 7.76. The number of hydrogen-bond acceptors (Lipinski definition) is 3. The second kappa shape index (κ2) is 6.32. The predicted molar refractivity (Wildman–Crippen MR) is 88.8 cm³/mol. The lowest BCUT2D eigenvalue weighted by Gasteiger charge is -2.24. The number of carbonyl (C=O) groups is 2. The summed E-state index contributed by atoms with van der Waals surface area (Å²) < 4.78 is 0. The topological polar surface area (TPSA) is 40.6 Å². The molecule has 1 aromatic carbocycles. The van der Waals surface area contributed by atoms with E-state index in [-0.39, 0.29) is 24.4 Å². The van der Waals surface area contributed by atoms with Crippen LogP contribution in [-0.4, -0.2) is 52.4 Å². The number of rotatable bonds is 3. The van der Waals surface area contributed by atoms with Gasteiger partial charge in [-0.25, -0.2) is 0 Å². The van der Waals surface area contributed by atoms with Crippen molar-refractivity contribution < 1.29 is 9.59 Å². The Labute approximate surface area is 135 Å². The quantitative estimate of drug-likeness (QED) is 0.858. The molecule has 0 aliphatic carbocycles. The summed E-state index contributed by atoms with van der Waals surface area (Å²) in [6.07, 6.45) is 0.999. The molecule has 0 aromatic heterocycles. The number of carbonyl (C=O) groups excluding carboxylic acids is 2. The first-order chi connectivity index (χ1) is 10.6. The highest BCUT2D eigenvalue weighted by atomic mass is 32.2. The molecule has 118 valence electrons. The molecule has 0 bridgehead atoms. The standard InChI is InChI=1S/C17H22N2O2S/c1-12-5-3-4-6-15(12)14-7-13(2)19(8-14)16(20)9-18-11-22-10-17(18)21/h3-6,13-14H,7-11H2,1-2H3/t13-,14+/m1/s1. The number of thioether (sulfide) groups is 1. The first-order valence-corrected chi connectivity index (χ1v) is 8.92. The SMILES string of the molecule is Cc1ccccc1[C@H]1C[C@@H](C)N(C(=O)CN2CSCC2=O)C1. The average Bonchev–Trinajstić information content (AvgIpc) is 3.06. The maximum absolute atomic E-state index is 12.5. The van der Waals surface area contributed by atoms with E-state index in [1.54, 1.807) is 16.7 Å². The summed E-state index contributed by atoms with van der Waals surface area (Å²) in [6, 6.07) is 8.66. The third kappa shape index (κ3) is 3.00. The molecule has 0 radical (unpaired) electrons. The van der Waals surface area contributed by atoms with Crippen LogP contribution in [0, 0.1) is 6.92 Å². The molecule has 2 atom stereocenters. The Kier molecular flexibility index (Phi) is 4.43. The minimum absolute atomic E-state index is 0.0828. The fourth-order valence-corrected chi connectivity index (χ4v) is 4.35. The summed E-state index contributed by atoms with van der Waals surface area (Å²) in [7, 11) is 0. The summed E-state index contributed by atoms with van der Waals surface area (Å²) in [5, 5.41) is 0. The number of nitrogens with zero attached hydrogens (tertiary/aromatic N) is 2. The van der Waals surface area contributed by atoms with Crippen molar-refractivity contribution in [1.29, 1.82) is 0 Å². The third-order valence-electron chi connectivity index (χ3n) is 4.67. The molecule has 3 rings (SSSR count). The van der Waals surface area contributed by atoms with Crippen molar-refractivity contribution in [3.8, 4) is 0 Å². The first kappa shape index (κ1) is 15.4. The van der Waals surface area contributed by atoms with Gasteiger partial charge >= 0.3 is 0 Å². The molecular weight excluding hydrogens is 296 g/mol. The number of aryl methyl sites for hydroxylation is 1. The molecule has 0 N–H and O–H groups in total. The van der Waals surface area contributed by atoms with E-state index in [4.69, 9.17) is 0 Å². The van der Waals surface area contributed by atoms with E-state index in [0.29, 0.717) is 17.5 Å². The molecule has 1 aromatic rings. The van der Waals surface area contributed by atoms with Crippen LogP contribution < -0.4 is 0 Å². The van der Waals surface area contributed by atoms with Gasteiger partial charge in [-0.1, -0.05) is 24.3 Å². The number of amides is 2. The Morgan fingerprint density at radius 1 is 1.36 bits per heavy atom. The van der Waals surface area contributed by atoms with Gasteiger partial charge in [0, 0.05) is 18.5 Å². The Morgan fingerprint density at radius 3 is 2.82 bits per heavy atom. The van der Waals surface area contributed by atoms with E-state index in [0.717, 1.165) is 13.0 Å². The minimum atomic E-state index is 0.0828. The van der Waals surface area contributed by atoms with Gasteiger partial charge in [0.25, 0.3) is 0 Å². The van der Waals surface area contributed by atoms with Gasteiger partial charge in [0.1, 0.15) is 6.54 Å². The van der Waals surface area contributed by atoms with Crippen LogP contribution in [0.15, 0.2) is 24.3 Å². The van der Waals surface area contributed by atoms with Gasteiger partial charge in [0.15, 0.2) is 0 Å². The fraction of sp³-hybridized carbons (Fsp3) is 0.529. The number of likely N-dealkylation sites (tertiary alicyclic amines) is 1. The van der Waals surface area contributed by atoms with Crippen LogP contribution in [0.25, 0.3) is 0 Å². The van der Waals surface area contributed by atoms with E-state index in [9.17, 15) is 9.59 Å². The van der Waals surface area contributed by atoms with Crippen molar-refractivity contribution in [1.82, 2.24) is 9.80 Å². The molecule has 0 spiro atoms. The van der Waals surface area contributed by atoms with E-state index >= 15 is 0 Å². The fourth-order valence-electron chi connectivity index (χ4n) is 3.44. The molecule has 0 saturated carbocycles. The molecule has 2 heterocycles. The van der Waals surface area contributed by atoms with Crippen LogP contribution in [0.1, 0.15) is 30.4 Å². The maximum Gasteiger partial charge on any atom is 0.242 e. The third-order valence-corrected chi connectivity index (χ3v) is 5.62. The smallest absolute Gasteiger partial charge is 0.242 e. The van der Waals surface area contributed by atoms with Crippen LogP contribution in [0.4, 0.5) is 0 Å². The van der Waals surface area contributed by atoms with E-state index in [1.807, 2.05) is 4.90 Å². The largest absolute Gasteiger partial charge is 0.338 e. The maximum atomic E-state index is 12.5. The molecule has 2 saturated heterocycles. The average molecular weight is 318 g/mol. The Morgan fingerprint density at radius 2 is 2.14 bits per heavy atom. The van der Waals surface area contributed by atoms with Crippen LogP contribution in [0.5, 0.6) is 0 Å². The molecule has 0 unspecified atom stereocenters. The van der Waals surface area contributed by atoms with Crippen molar-refractivity contribution in [2.24, 2.45) is 0 Å². The Hall–Kier alpha value is -1.49. The van der Waals surface area contributed by atoms with Gasteiger partial charge < -0.3 is 9.80 Å². The van der Waals surface area contributed by atoms with Gasteiger partial charge in [-0.15, -0.1) is 11.8 Å². The monoisotopic (exact) mass is 318 g/mol. The van der Waals surface area contributed by atoms with Crippen molar-refractivity contribution >= 4 is 23.6 Å². The zero-order valence-electron chi connectivity index (χ0n) is 13.1. The van der Waals surface area contributed by atoms with E-state index < -0.39 is 0 Å². The summed E-state index contributed by atoms with van der Waals surface area (Å²) in [5.41, 5.74) is 2.64. The van der Waals surface area contributed by atoms with E-state index in [1.165, 1.54) is 11.1 Å². The van der Waals surface area contributed by atoms with Crippen LogP contribution >= 0.6 is 11.8 Å². The molecule has 2 aliphatic heterocycles. The van der Waals surface area contributed by atoms with Gasteiger partial charge in [-0.05, 0) is 31.4 Å². The normalized spacial score (nSPS) is 25.1.